The lowest BCUT2D eigenvalue weighted by Crippen LogP contribution is -2.57. The molecular weight excluding hydrogens is 492 g/mol. The summed E-state index contributed by atoms with van der Waals surface area (Å²) < 4.78 is 10.2. The normalized spacial score (nSPS) is 13.2. The molecule has 0 saturated carbocycles. The van der Waals surface area contributed by atoms with Gasteiger partial charge in [-0.3, -0.25) is 29.8 Å². The highest BCUT2D eigenvalue weighted by molar-refractivity contribution is 6.06. The summed E-state index contributed by atoms with van der Waals surface area (Å²) in [6.45, 7) is -0.383. The number of esters is 1. The maximum atomic E-state index is 12.7. The predicted octanol–water partition coefficient (Wildman–Crippen LogP) is 2.03. The van der Waals surface area contributed by atoms with Gasteiger partial charge in [0, 0.05) is 50.2 Å². The second-order valence-electron chi connectivity index (χ2n) is 7.91. The van der Waals surface area contributed by atoms with Gasteiger partial charge >= 0.3 is 12.1 Å². The summed E-state index contributed by atoms with van der Waals surface area (Å²) in [6.07, 6.45) is -0.941. The number of likely N-dealkylation sites (tertiary alicyclic amines) is 1. The first kappa shape index (κ1) is 26.7. The summed E-state index contributed by atoms with van der Waals surface area (Å²) in [4.78, 5) is 70.5. The number of hydrogen-bond acceptors (Lipinski definition) is 10. The van der Waals surface area contributed by atoms with E-state index in [1.54, 1.807) is 0 Å². The molecular formula is C23H22N4O10. The first-order valence-corrected chi connectivity index (χ1v) is 11.0. The van der Waals surface area contributed by atoms with Crippen LogP contribution < -0.4 is 5.32 Å². The van der Waals surface area contributed by atoms with Crippen molar-refractivity contribution in [1.82, 2.24) is 10.2 Å². The number of β-lactam (4-membered cyclic amide) rings is 1. The molecule has 1 unspecified atom stereocenters. The van der Waals surface area contributed by atoms with Gasteiger partial charge < -0.3 is 19.7 Å². The second-order valence-corrected chi connectivity index (χ2v) is 7.91. The molecule has 2 amide bonds. The van der Waals surface area contributed by atoms with Gasteiger partial charge in [0.05, 0.1) is 9.85 Å². The van der Waals surface area contributed by atoms with E-state index in [-0.39, 0.29) is 56.4 Å². The summed E-state index contributed by atoms with van der Waals surface area (Å²) in [5.41, 5.74) is 0.739. The number of amides is 2. The average Bonchev–Trinajstić information content (AvgIpc) is 2.88. The highest BCUT2D eigenvalue weighted by Crippen LogP contribution is 2.18. The van der Waals surface area contributed by atoms with E-state index in [9.17, 15) is 39.4 Å². The molecule has 0 bridgehead atoms. The SMILES string of the molecule is O=C(NCCC(=O)C(C(=O)OCc1ccc([N+](=O)[O-])cc1)N1CCC1=O)OCc1ccc([N+](=O)[O-])cc1. The second kappa shape index (κ2) is 12.2. The number of carbonyl (C=O) groups excluding carboxylic acids is 4. The topological polar surface area (TPSA) is 188 Å². The van der Waals surface area contributed by atoms with Crippen LogP contribution in [0.1, 0.15) is 24.0 Å². The monoisotopic (exact) mass is 514 g/mol. The standard InChI is InChI=1S/C23H22N4O10/c28-19(9-11-24-23(31)37-14-16-3-7-18(8-4-16)27(34)35)21(25-12-10-20(25)29)22(30)36-13-15-1-5-17(6-2-15)26(32)33/h1-8,21H,9-14H2,(H,24,31). The number of rotatable bonds is 12. The van der Waals surface area contributed by atoms with Crippen molar-refractivity contribution in [3.8, 4) is 0 Å². The fourth-order valence-corrected chi connectivity index (χ4v) is 3.32. The number of ether oxygens (including phenoxy) is 2. The van der Waals surface area contributed by atoms with Crippen molar-refractivity contribution < 1.29 is 38.5 Å². The van der Waals surface area contributed by atoms with Gasteiger partial charge in [0.25, 0.3) is 11.4 Å². The number of nitro benzene ring substituents is 2. The van der Waals surface area contributed by atoms with Crippen molar-refractivity contribution in [2.45, 2.75) is 32.1 Å². The van der Waals surface area contributed by atoms with Crippen molar-refractivity contribution >= 4 is 35.1 Å². The lowest BCUT2D eigenvalue weighted by Gasteiger charge is -2.35. The number of nitrogens with one attached hydrogen (secondary N) is 1. The lowest BCUT2D eigenvalue weighted by atomic mass is 10.0. The number of ketones is 1. The molecule has 0 aromatic heterocycles. The lowest BCUT2D eigenvalue weighted by molar-refractivity contribution is -0.385. The highest BCUT2D eigenvalue weighted by Gasteiger charge is 2.41. The van der Waals surface area contributed by atoms with E-state index in [1.165, 1.54) is 48.5 Å². The Hall–Kier alpha value is -4.88. The zero-order chi connectivity index (χ0) is 26.9. The maximum Gasteiger partial charge on any atom is 0.407 e. The predicted molar refractivity (Wildman–Crippen MR) is 124 cm³/mol. The van der Waals surface area contributed by atoms with Crippen molar-refractivity contribution in [2.24, 2.45) is 0 Å². The van der Waals surface area contributed by atoms with Crippen LogP contribution in [0.3, 0.4) is 0 Å². The number of nitrogens with zero attached hydrogens (tertiary/aromatic N) is 3. The third-order valence-corrected chi connectivity index (χ3v) is 5.41. The number of non-ortho nitro benzene ring substituents is 2. The zero-order valence-corrected chi connectivity index (χ0v) is 19.4. The summed E-state index contributed by atoms with van der Waals surface area (Å²) in [5.74, 6) is -1.98. The zero-order valence-electron chi connectivity index (χ0n) is 19.4. The van der Waals surface area contributed by atoms with E-state index in [1.807, 2.05) is 0 Å². The molecule has 0 spiro atoms. The Morgan fingerprint density at radius 3 is 1.84 bits per heavy atom. The van der Waals surface area contributed by atoms with Crippen LogP contribution in [0, 0.1) is 20.2 Å². The van der Waals surface area contributed by atoms with Gasteiger partial charge in [0.15, 0.2) is 11.8 Å². The van der Waals surface area contributed by atoms with Crippen molar-refractivity contribution in [3.05, 3.63) is 79.9 Å². The van der Waals surface area contributed by atoms with Crippen molar-refractivity contribution in [2.75, 3.05) is 13.1 Å². The average molecular weight is 514 g/mol. The molecule has 37 heavy (non-hydrogen) atoms. The summed E-state index contributed by atoms with van der Waals surface area (Å²) in [7, 11) is 0. The van der Waals surface area contributed by atoms with Crippen LogP contribution in [-0.4, -0.2) is 57.6 Å². The smallest absolute Gasteiger partial charge is 0.407 e. The molecule has 1 aliphatic rings. The van der Waals surface area contributed by atoms with Gasteiger partial charge in [-0.05, 0) is 35.4 Å². The van der Waals surface area contributed by atoms with E-state index in [2.05, 4.69) is 5.32 Å². The molecule has 1 heterocycles. The summed E-state index contributed by atoms with van der Waals surface area (Å²) in [5, 5.41) is 23.8. The molecule has 1 fully saturated rings. The van der Waals surface area contributed by atoms with Crippen LogP contribution in [0.2, 0.25) is 0 Å². The molecule has 14 heteroatoms. The van der Waals surface area contributed by atoms with E-state index < -0.39 is 33.7 Å². The maximum absolute atomic E-state index is 12.7. The molecule has 14 nitrogen and oxygen atoms in total. The van der Waals surface area contributed by atoms with Crippen molar-refractivity contribution in [3.63, 3.8) is 0 Å². The Morgan fingerprint density at radius 2 is 1.41 bits per heavy atom. The Bertz CT molecular complexity index is 1200. The number of alkyl carbamates (subject to hydrolysis) is 1. The molecule has 2 aromatic carbocycles. The molecule has 1 saturated heterocycles. The molecule has 1 aliphatic heterocycles. The van der Waals surface area contributed by atoms with E-state index in [4.69, 9.17) is 9.47 Å². The first-order chi connectivity index (χ1) is 17.7. The molecule has 1 N–H and O–H groups in total. The molecule has 3 rings (SSSR count). The highest BCUT2D eigenvalue weighted by atomic mass is 16.6. The third-order valence-electron chi connectivity index (χ3n) is 5.41. The van der Waals surface area contributed by atoms with Gasteiger partial charge in [0.2, 0.25) is 5.91 Å². The minimum absolute atomic E-state index is 0.103. The van der Waals surface area contributed by atoms with Crippen LogP contribution in [-0.2, 0) is 37.1 Å². The molecule has 194 valence electrons. The fourth-order valence-electron chi connectivity index (χ4n) is 3.32. The number of carbonyl (C=O) groups is 4. The minimum atomic E-state index is -1.47. The molecule has 0 radical (unpaired) electrons. The van der Waals surface area contributed by atoms with Gasteiger partial charge in [-0.25, -0.2) is 9.59 Å². The van der Waals surface area contributed by atoms with Crippen LogP contribution in [0.5, 0.6) is 0 Å². The van der Waals surface area contributed by atoms with E-state index in [0.717, 1.165) is 4.90 Å². The van der Waals surface area contributed by atoms with E-state index >= 15 is 0 Å². The van der Waals surface area contributed by atoms with Crippen molar-refractivity contribution in [1.29, 1.82) is 0 Å². The van der Waals surface area contributed by atoms with Crippen LogP contribution in [0.15, 0.2) is 48.5 Å². The summed E-state index contributed by atoms with van der Waals surface area (Å²) in [6, 6.07) is 9.25. The molecule has 2 aromatic rings. The Morgan fingerprint density at radius 1 is 0.892 bits per heavy atom. The van der Waals surface area contributed by atoms with Gasteiger partial charge in [0.1, 0.15) is 13.2 Å². The number of benzene rings is 2. The Labute approximate surface area is 209 Å². The first-order valence-electron chi connectivity index (χ1n) is 11.0. The van der Waals surface area contributed by atoms with Gasteiger partial charge in [-0.1, -0.05) is 0 Å². The third kappa shape index (κ3) is 7.30. The minimum Gasteiger partial charge on any atom is -0.459 e. The largest absolute Gasteiger partial charge is 0.459 e. The van der Waals surface area contributed by atoms with Crippen LogP contribution >= 0.6 is 0 Å². The molecule has 1 atom stereocenters. The quantitative estimate of drug-likeness (QED) is 0.144. The molecule has 0 aliphatic carbocycles. The number of hydrogen-bond donors (Lipinski definition) is 1. The number of Topliss-reactive ketones (excluding diaryl/α,β-unsaturated/α-hetero) is 1. The van der Waals surface area contributed by atoms with Crippen LogP contribution in [0.25, 0.3) is 0 Å². The fraction of sp³-hybridized carbons (Fsp3) is 0.304. The van der Waals surface area contributed by atoms with Crippen LogP contribution in [0.4, 0.5) is 16.2 Å². The van der Waals surface area contributed by atoms with E-state index in [0.29, 0.717) is 11.1 Å². The van der Waals surface area contributed by atoms with Gasteiger partial charge in [-0.2, -0.15) is 0 Å². The summed E-state index contributed by atoms with van der Waals surface area (Å²) >= 11 is 0. The Kier molecular flexibility index (Phi) is 8.81. The Balaban J connectivity index is 1.48. The number of nitro groups is 2. The van der Waals surface area contributed by atoms with Gasteiger partial charge in [-0.15, -0.1) is 0 Å².